The van der Waals surface area contributed by atoms with E-state index in [0.717, 1.165) is 45.7 Å². The average Bonchev–Trinajstić information content (AvgIpc) is 2.65. The first-order valence-electron chi connectivity index (χ1n) is 9.23. The number of carbonyl (C=O) groups excluding carboxylic acids is 1. The molecule has 2 rings (SSSR count). The summed E-state index contributed by atoms with van der Waals surface area (Å²) < 4.78 is 5.30. The summed E-state index contributed by atoms with van der Waals surface area (Å²) >= 11 is 0. The van der Waals surface area contributed by atoms with Crippen molar-refractivity contribution in [2.24, 2.45) is 0 Å². The molecule has 0 spiro atoms. The molecule has 0 unspecified atom stereocenters. The van der Waals surface area contributed by atoms with Gasteiger partial charge in [-0.1, -0.05) is 19.1 Å². The summed E-state index contributed by atoms with van der Waals surface area (Å²) in [5.74, 6) is -1.31. The Morgan fingerprint density at radius 2 is 1.92 bits per heavy atom. The third kappa shape index (κ3) is 7.11. The Hall–Kier alpha value is -1.96. The zero-order valence-electron chi connectivity index (χ0n) is 15.4. The maximum absolute atomic E-state index is 12.1. The monoisotopic (exact) mass is 363 g/mol. The van der Waals surface area contributed by atoms with Crippen LogP contribution in [-0.4, -0.2) is 67.3 Å². The Balaban J connectivity index is 1.71. The fourth-order valence-electron chi connectivity index (χ4n) is 2.87. The summed E-state index contributed by atoms with van der Waals surface area (Å²) in [7, 11) is 0. The quantitative estimate of drug-likeness (QED) is 0.544. The highest BCUT2D eigenvalue weighted by Crippen LogP contribution is 2.10. The van der Waals surface area contributed by atoms with Gasteiger partial charge in [0.1, 0.15) is 6.04 Å². The van der Waals surface area contributed by atoms with Gasteiger partial charge in [-0.15, -0.1) is 0 Å². The Kier molecular flexibility index (Phi) is 8.53. The predicted octanol–water partition coefficient (Wildman–Crippen LogP) is 1.34. The third-order valence-electron chi connectivity index (χ3n) is 4.48. The van der Waals surface area contributed by atoms with Gasteiger partial charge in [0.05, 0.1) is 19.6 Å². The lowest BCUT2D eigenvalue weighted by atomic mass is 10.1. The molecule has 1 fully saturated rings. The number of amides is 1. The van der Waals surface area contributed by atoms with Gasteiger partial charge in [0, 0.05) is 18.8 Å². The van der Waals surface area contributed by atoms with Gasteiger partial charge in [-0.3, -0.25) is 14.5 Å². The van der Waals surface area contributed by atoms with E-state index in [4.69, 9.17) is 4.74 Å². The number of anilines is 1. The molecule has 1 aliphatic heterocycles. The molecule has 0 radical (unpaired) electrons. The van der Waals surface area contributed by atoms with E-state index in [-0.39, 0.29) is 12.3 Å². The number of hydrogen-bond donors (Lipinski definition) is 3. The number of aliphatic carboxylic acids is 1. The van der Waals surface area contributed by atoms with Crippen molar-refractivity contribution in [1.82, 2.24) is 10.2 Å². The summed E-state index contributed by atoms with van der Waals surface area (Å²) in [6, 6.07) is 6.70. The van der Waals surface area contributed by atoms with Crippen LogP contribution in [0.15, 0.2) is 24.3 Å². The van der Waals surface area contributed by atoms with Gasteiger partial charge in [-0.2, -0.15) is 0 Å². The summed E-state index contributed by atoms with van der Waals surface area (Å²) in [5, 5.41) is 15.1. The number of carboxylic acids is 1. The van der Waals surface area contributed by atoms with E-state index in [9.17, 15) is 14.7 Å². The van der Waals surface area contributed by atoms with E-state index in [1.165, 1.54) is 5.56 Å². The van der Waals surface area contributed by atoms with Crippen molar-refractivity contribution in [3.05, 3.63) is 29.8 Å². The molecule has 0 bridgehead atoms. The van der Waals surface area contributed by atoms with E-state index in [1.54, 1.807) is 0 Å². The van der Waals surface area contributed by atoms with Crippen molar-refractivity contribution < 1.29 is 19.4 Å². The molecular weight excluding hydrogens is 334 g/mol. The van der Waals surface area contributed by atoms with Gasteiger partial charge in [-0.25, -0.2) is 0 Å². The number of rotatable bonds is 10. The average molecular weight is 363 g/mol. The molecule has 26 heavy (non-hydrogen) atoms. The molecule has 1 heterocycles. The van der Waals surface area contributed by atoms with Crippen molar-refractivity contribution in [2.45, 2.75) is 32.2 Å². The molecule has 1 aliphatic rings. The van der Waals surface area contributed by atoms with Gasteiger partial charge in [0.2, 0.25) is 5.91 Å². The van der Waals surface area contributed by atoms with Crippen LogP contribution in [0.5, 0.6) is 0 Å². The van der Waals surface area contributed by atoms with Crippen LogP contribution >= 0.6 is 0 Å². The third-order valence-corrected chi connectivity index (χ3v) is 4.48. The first kappa shape index (κ1) is 20.4. The number of nitrogens with one attached hydrogen (secondary N) is 2. The first-order valence-corrected chi connectivity index (χ1v) is 9.23. The van der Waals surface area contributed by atoms with E-state index in [0.29, 0.717) is 12.2 Å². The highest BCUT2D eigenvalue weighted by atomic mass is 16.5. The fourth-order valence-corrected chi connectivity index (χ4v) is 2.87. The van der Waals surface area contributed by atoms with E-state index in [1.807, 2.05) is 24.3 Å². The summed E-state index contributed by atoms with van der Waals surface area (Å²) in [4.78, 5) is 25.8. The summed E-state index contributed by atoms with van der Waals surface area (Å²) in [6.07, 6.45) is 1.68. The molecule has 7 nitrogen and oxygen atoms in total. The van der Waals surface area contributed by atoms with E-state index in [2.05, 4.69) is 22.5 Å². The molecular formula is C19H29N3O4. The lowest BCUT2D eigenvalue weighted by molar-refractivity contribution is -0.141. The number of aryl methyl sites for hydroxylation is 1. The number of hydrogen-bond acceptors (Lipinski definition) is 5. The van der Waals surface area contributed by atoms with E-state index >= 15 is 0 Å². The van der Waals surface area contributed by atoms with E-state index < -0.39 is 12.0 Å². The largest absolute Gasteiger partial charge is 0.480 e. The molecule has 3 N–H and O–H groups in total. The van der Waals surface area contributed by atoms with Gasteiger partial charge >= 0.3 is 5.97 Å². The molecule has 144 valence electrons. The van der Waals surface area contributed by atoms with Crippen LogP contribution in [0.1, 0.15) is 25.3 Å². The molecule has 1 aromatic rings. The highest BCUT2D eigenvalue weighted by Gasteiger charge is 2.20. The van der Waals surface area contributed by atoms with Crippen molar-refractivity contribution in [2.75, 3.05) is 44.7 Å². The van der Waals surface area contributed by atoms with Crippen molar-refractivity contribution in [3.8, 4) is 0 Å². The number of nitrogens with zero attached hydrogens (tertiary/aromatic N) is 1. The normalized spacial score (nSPS) is 16.2. The SMILES string of the molecule is CCc1ccc(NC(=O)C[C@H](NCCCN2CCOCC2)C(=O)O)cc1. The topological polar surface area (TPSA) is 90.9 Å². The van der Waals surface area contributed by atoms with Crippen LogP contribution in [0.2, 0.25) is 0 Å². The summed E-state index contributed by atoms with van der Waals surface area (Å²) in [6.45, 7) is 6.87. The second-order valence-corrected chi connectivity index (χ2v) is 6.46. The van der Waals surface area contributed by atoms with Crippen LogP contribution in [0.3, 0.4) is 0 Å². The van der Waals surface area contributed by atoms with Crippen molar-refractivity contribution in [3.63, 3.8) is 0 Å². The maximum atomic E-state index is 12.1. The zero-order valence-corrected chi connectivity index (χ0v) is 15.4. The Morgan fingerprint density at radius 1 is 1.23 bits per heavy atom. The van der Waals surface area contributed by atoms with Gasteiger partial charge < -0.3 is 20.5 Å². The predicted molar refractivity (Wildman–Crippen MR) is 100 cm³/mol. The molecule has 0 saturated carbocycles. The molecule has 0 aromatic heterocycles. The molecule has 7 heteroatoms. The minimum absolute atomic E-state index is 0.0948. The molecule has 1 aromatic carbocycles. The van der Waals surface area contributed by atoms with Crippen LogP contribution in [0, 0.1) is 0 Å². The smallest absolute Gasteiger partial charge is 0.321 e. The van der Waals surface area contributed by atoms with Gasteiger partial charge in [-0.05, 0) is 43.6 Å². The fraction of sp³-hybridized carbons (Fsp3) is 0.579. The Labute approximate surface area is 154 Å². The first-order chi connectivity index (χ1) is 12.6. The molecule has 1 amide bonds. The van der Waals surface area contributed by atoms with Crippen LogP contribution in [0.4, 0.5) is 5.69 Å². The van der Waals surface area contributed by atoms with Gasteiger partial charge in [0.25, 0.3) is 0 Å². The highest BCUT2D eigenvalue weighted by molar-refractivity contribution is 5.94. The minimum atomic E-state index is -1.01. The molecule has 1 atom stereocenters. The van der Waals surface area contributed by atoms with Crippen molar-refractivity contribution >= 4 is 17.6 Å². The number of carbonyl (C=O) groups is 2. The maximum Gasteiger partial charge on any atom is 0.321 e. The molecule has 0 aliphatic carbocycles. The number of morpholine rings is 1. The number of benzene rings is 1. The van der Waals surface area contributed by atoms with Crippen LogP contribution in [-0.2, 0) is 20.7 Å². The lowest BCUT2D eigenvalue weighted by Crippen LogP contribution is -2.42. The van der Waals surface area contributed by atoms with Gasteiger partial charge in [0.15, 0.2) is 0 Å². The van der Waals surface area contributed by atoms with Crippen LogP contribution < -0.4 is 10.6 Å². The lowest BCUT2D eigenvalue weighted by Gasteiger charge is -2.26. The summed E-state index contributed by atoms with van der Waals surface area (Å²) in [5.41, 5.74) is 1.87. The number of carboxylic acid groups (broad SMARTS) is 1. The van der Waals surface area contributed by atoms with Crippen molar-refractivity contribution in [1.29, 1.82) is 0 Å². The van der Waals surface area contributed by atoms with Crippen LogP contribution in [0.25, 0.3) is 0 Å². The second kappa shape index (κ2) is 10.9. The minimum Gasteiger partial charge on any atom is -0.480 e. The zero-order chi connectivity index (χ0) is 18.8. The second-order valence-electron chi connectivity index (χ2n) is 6.46. The Bertz CT molecular complexity index is 571. The number of ether oxygens (including phenoxy) is 1. The standard InChI is InChI=1S/C19H29N3O4/c1-2-15-4-6-16(7-5-15)21-18(23)14-17(19(24)25)20-8-3-9-22-10-12-26-13-11-22/h4-7,17,20H,2-3,8-14H2,1H3,(H,21,23)(H,24,25)/t17-/m0/s1. The Morgan fingerprint density at radius 3 is 2.54 bits per heavy atom. The molecule has 1 saturated heterocycles.